The molecule has 0 spiro atoms. The second-order valence-electron chi connectivity index (χ2n) is 4.66. The quantitative estimate of drug-likeness (QED) is 0.692. The summed E-state index contributed by atoms with van der Waals surface area (Å²) >= 11 is 0. The van der Waals surface area contributed by atoms with Crippen LogP contribution in [-0.4, -0.2) is 31.3 Å². The number of rotatable bonds is 1. The fourth-order valence-electron chi connectivity index (χ4n) is 2.52. The van der Waals surface area contributed by atoms with E-state index in [1.807, 2.05) is 6.20 Å². The Kier molecular flexibility index (Phi) is 2.13. The largest absolute Gasteiger partial charge is 0.381 e. The van der Waals surface area contributed by atoms with Crippen LogP contribution in [0.4, 0.5) is 5.82 Å². The van der Waals surface area contributed by atoms with Gasteiger partial charge in [0.05, 0.1) is 13.2 Å². The van der Waals surface area contributed by atoms with E-state index in [1.54, 1.807) is 0 Å². The van der Waals surface area contributed by atoms with Gasteiger partial charge in [-0.2, -0.15) is 0 Å². The second kappa shape index (κ2) is 3.49. The van der Waals surface area contributed by atoms with Crippen LogP contribution in [0.25, 0.3) is 0 Å². The zero-order valence-electron chi connectivity index (χ0n) is 9.02. The van der Waals surface area contributed by atoms with E-state index >= 15 is 0 Å². The van der Waals surface area contributed by atoms with Gasteiger partial charge in [-0.25, -0.2) is 4.98 Å². The molecule has 0 aromatic carbocycles. The smallest absolute Gasteiger partial charge is 0.128 e. The van der Waals surface area contributed by atoms with Crippen LogP contribution in [0.15, 0.2) is 18.3 Å². The number of nitrogens with zero attached hydrogens (tertiary/aromatic N) is 2. The highest BCUT2D eigenvalue weighted by Gasteiger charge is 2.37. The Bertz CT molecular complexity index is 337. The minimum atomic E-state index is 0.730. The monoisotopic (exact) mass is 204 g/mol. The average Bonchev–Trinajstić information content (AvgIpc) is 2.78. The van der Waals surface area contributed by atoms with Gasteiger partial charge in [0.1, 0.15) is 5.82 Å². The van der Waals surface area contributed by atoms with E-state index < -0.39 is 0 Å². The first-order valence-corrected chi connectivity index (χ1v) is 5.58. The van der Waals surface area contributed by atoms with E-state index in [2.05, 4.69) is 28.9 Å². The van der Waals surface area contributed by atoms with Gasteiger partial charge in [-0.1, -0.05) is 6.07 Å². The van der Waals surface area contributed by atoms with E-state index in [-0.39, 0.29) is 0 Å². The lowest BCUT2D eigenvalue weighted by molar-refractivity contribution is 0.177. The van der Waals surface area contributed by atoms with E-state index in [9.17, 15) is 0 Å². The molecule has 2 aliphatic rings. The summed E-state index contributed by atoms with van der Waals surface area (Å²) in [7, 11) is 0. The summed E-state index contributed by atoms with van der Waals surface area (Å²) in [5.41, 5.74) is 1.22. The van der Waals surface area contributed by atoms with Crippen molar-refractivity contribution < 1.29 is 4.74 Å². The van der Waals surface area contributed by atoms with Crippen molar-refractivity contribution in [2.45, 2.75) is 6.92 Å². The third-order valence-electron chi connectivity index (χ3n) is 3.46. The zero-order chi connectivity index (χ0) is 10.3. The van der Waals surface area contributed by atoms with Crippen molar-refractivity contribution in [3.63, 3.8) is 0 Å². The summed E-state index contributed by atoms with van der Waals surface area (Å²) < 4.78 is 5.47. The Morgan fingerprint density at radius 2 is 2.00 bits per heavy atom. The maximum Gasteiger partial charge on any atom is 0.128 e. The van der Waals surface area contributed by atoms with E-state index in [0.717, 1.165) is 44.0 Å². The lowest BCUT2D eigenvalue weighted by Crippen LogP contribution is -2.23. The van der Waals surface area contributed by atoms with Crippen molar-refractivity contribution in [2.24, 2.45) is 11.8 Å². The SMILES string of the molecule is Cc1ccc(N2CC3COCC3C2)nc1. The molecule has 0 amide bonds. The maximum atomic E-state index is 5.47. The molecule has 1 aromatic heterocycles. The zero-order valence-corrected chi connectivity index (χ0v) is 9.02. The van der Waals surface area contributed by atoms with E-state index in [1.165, 1.54) is 5.56 Å². The van der Waals surface area contributed by atoms with Gasteiger partial charge in [0.25, 0.3) is 0 Å². The number of aryl methyl sites for hydroxylation is 1. The Morgan fingerprint density at radius 1 is 1.27 bits per heavy atom. The number of hydrogen-bond acceptors (Lipinski definition) is 3. The van der Waals surface area contributed by atoms with E-state index in [0.29, 0.717) is 0 Å². The molecule has 3 nitrogen and oxygen atoms in total. The predicted molar refractivity (Wildman–Crippen MR) is 59.0 cm³/mol. The molecule has 0 radical (unpaired) electrons. The van der Waals surface area contributed by atoms with Gasteiger partial charge >= 0.3 is 0 Å². The molecule has 2 saturated heterocycles. The number of pyridine rings is 1. The minimum Gasteiger partial charge on any atom is -0.381 e. The molecule has 80 valence electrons. The van der Waals surface area contributed by atoms with Gasteiger partial charge in [-0.15, -0.1) is 0 Å². The molecule has 3 heterocycles. The molecule has 3 rings (SSSR count). The summed E-state index contributed by atoms with van der Waals surface area (Å²) in [4.78, 5) is 6.86. The summed E-state index contributed by atoms with van der Waals surface area (Å²) in [6.45, 7) is 6.17. The van der Waals surface area contributed by atoms with Crippen LogP contribution >= 0.6 is 0 Å². The molecular formula is C12H16N2O. The molecule has 15 heavy (non-hydrogen) atoms. The number of anilines is 1. The molecule has 0 saturated carbocycles. The summed E-state index contributed by atoms with van der Waals surface area (Å²) in [5.74, 6) is 2.58. The molecule has 2 unspecified atom stereocenters. The highest BCUT2D eigenvalue weighted by molar-refractivity contribution is 5.41. The Hall–Kier alpha value is -1.09. The maximum absolute atomic E-state index is 5.47. The Morgan fingerprint density at radius 3 is 2.60 bits per heavy atom. The fraction of sp³-hybridized carbons (Fsp3) is 0.583. The second-order valence-corrected chi connectivity index (χ2v) is 4.66. The minimum absolute atomic E-state index is 0.730. The fourth-order valence-corrected chi connectivity index (χ4v) is 2.52. The molecule has 2 aliphatic heterocycles. The van der Waals surface area contributed by atoms with Crippen molar-refractivity contribution in [1.29, 1.82) is 0 Å². The van der Waals surface area contributed by atoms with Crippen LogP contribution in [0, 0.1) is 18.8 Å². The molecule has 0 aliphatic carbocycles. The molecule has 0 N–H and O–H groups in total. The first-order valence-electron chi connectivity index (χ1n) is 5.58. The summed E-state index contributed by atoms with van der Waals surface area (Å²) in [6.07, 6.45) is 1.94. The highest BCUT2D eigenvalue weighted by Crippen LogP contribution is 2.31. The van der Waals surface area contributed by atoms with Crippen LogP contribution < -0.4 is 4.90 Å². The topological polar surface area (TPSA) is 25.4 Å². The normalized spacial score (nSPS) is 29.5. The third-order valence-corrected chi connectivity index (χ3v) is 3.46. The number of fused-ring (bicyclic) bond motifs is 1. The molecule has 1 aromatic rings. The molecule has 3 heteroatoms. The average molecular weight is 204 g/mol. The van der Waals surface area contributed by atoms with Crippen molar-refractivity contribution in [3.05, 3.63) is 23.9 Å². The third kappa shape index (κ3) is 1.61. The standard InChI is InChI=1S/C12H16N2O/c1-9-2-3-12(13-4-9)14-5-10-7-15-8-11(10)6-14/h2-4,10-11H,5-8H2,1H3. The van der Waals surface area contributed by atoms with Crippen molar-refractivity contribution in [1.82, 2.24) is 4.98 Å². The van der Waals surface area contributed by atoms with Gasteiger partial charge in [0.15, 0.2) is 0 Å². The van der Waals surface area contributed by atoms with Crippen LogP contribution in [0.5, 0.6) is 0 Å². The van der Waals surface area contributed by atoms with Crippen molar-refractivity contribution in [2.75, 3.05) is 31.2 Å². The Balaban J connectivity index is 1.76. The van der Waals surface area contributed by atoms with Crippen LogP contribution in [-0.2, 0) is 4.74 Å². The summed E-state index contributed by atoms with van der Waals surface area (Å²) in [6, 6.07) is 4.25. The van der Waals surface area contributed by atoms with E-state index in [4.69, 9.17) is 4.74 Å². The first kappa shape index (κ1) is 9.16. The molecule has 2 fully saturated rings. The van der Waals surface area contributed by atoms with Crippen molar-refractivity contribution >= 4 is 5.82 Å². The number of ether oxygens (including phenoxy) is 1. The Labute approximate surface area is 90.1 Å². The lowest BCUT2D eigenvalue weighted by Gasteiger charge is -2.18. The van der Waals surface area contributed by atoms with Crippen LogP contribution in [0.3, 0.4) is 0 Å². The van der Waals surface area contributed by atoms with Gasteiger partial charge < -0.3 is 9.64 Å². The molecule has 0 bridgehead atoms. The van der Waals surface area contributed by atoms with Crippen LogP contribution in [0.2, 0.25) is 0 Å². The van der Waals surface area contributed by atoms with Crippen molar-refractivity contribution in [3.8, 4) is 0 Å². The molecular weight excluding hydrogens is 188 g/mol. The summed E-state index contributed by atoms with van der Waals surface area (Å²) in [5, 5.41) is 0. The van der Waals surface area contributed by atoms with Gasteiger partial charge in [-0.3, -0.25) is 0 Å². The lowest BCUT2D eigenvalue weighted by atomic mass is 10.0. The van der Waals surface area contributed by atoms with Gasteiger partial charge in [0.2, 0.25) is 0 Å². The van der Waals surface area contributed by atoms with Gasteiger partial charge in [0, 0.05) is 31.1 Å². The first-order chi connectivity index (χ1) is 7.33. The van der Waals surface area contributed by atoms with Gasteiger partial charge in [-0.05, 0) is 18.6 Å². The van der Waals surface area contributed by atoms with Crippen LogP contribution in [0.1, 0.15) is 5.56 Å². The highest BCUT2D eigenvalue weighted by atomic mass is 16.5. The number of hydrogen-bond donors (Lipinski definition) is 0. The predicted octanol–water partition coefficient (Wildman–Crippen LogP) is 1.47. The number of aromatic nitrogens is 1. The molecule has 2 atom stereocenters.